The lowest BCUT2D eigenvalue weighted by Crippen LogP contribution is -2.25. The van der Waals surface area contributed by atoms with Gasteiger partial charge in [-0.1, -0.05) is 18.2 Å². The Bertz CT molecular complexity index is 808. The number of rotatable bonds is 1. The maximum Gasteiger partial charge on any atom is 0.291 e. The Balaban J connectivity index is 2.67. The zero-order chi connectivity index (χ0) is 12.7. The predicted octanol–water partition coefficient (Wildman–Crippen LogP) is 2.35. The van der Waals surface area contributed by atoms with Crippen LogP contribution >= 0.6 is 0 Å². The number of benzene rings is 2. The van der Waals surface area contributed by atoms with Crippen LogP contribution in [0, 0.1) is 5.82 Å². The molecule has 90 valence electrons. The van der Waals surface area contributed by atoms with Gasteiger partial charge in [-0.3, -0.25) is 4.79 Å². The molecule has 0 saturated heterocycles. The lowest BCUT2D eigenvalue weighted by Gasteiger charge is -2.10. The van der Waals surface area contributed by atoms with Crippen LogP contribution in [0.5, 0.6) is 0 Å². The van der Waals surface area contributed by atoms with Crippen molar-refractivity contribution >= 4 is 21.7 Å². The van der Waals surface area contributed by atoms with Gasteiger partial charge in [0.15, 0.2) is 0 Å². The monoisotopic (exact) mass is 243 g/mol. The van der Waals surface area contributed by atoms with Crippen molar-refractivity contribution in [2.45, 2.75) is 0 Å². The lowest BCUT2D eigenvalue weighted by molar-refractivity contribution is 0.170. The highest BCUT2D eigenvalue weighted by Crippen LogP contribution is 2.22. The molecular weight excluding hydrogens is 233 g/mol. The maximum atomic E-state index is 13.3. The average molecular weight is 243 g/mol. The summed E-state index contributed by atoms with van der Waals surface area (Å²) >= 11 is 0. The van der Waals surface area contributed by atoms with Gasteiger partial charge < -0.3 is 4.84 Å². The fourth-order valence-electron chi connectivity index (χ4n) is 2.20. The Morgan fingerprint density at radius 3 is 2.61 bits per heavy atom. The minimum Gasteiger partial charge on any atom is -0.413 e. The van der Waals surface area contributed by atoms with Crippen molar-refractivity contribution in [2.75, 3.05) is 7.11 Å². The molecule has 0 spiro atoms. The molecule has 0 fully saturated rings. The van der Waals surface area contributed by atoms with E-state index >= 15 is 0 Å². The Morgan fingerprint density at radius 1 is 1.06 bits per heavy atom. The Labute approximate surface area is 102 Å². The molecule has 0 atom stereocenters. The van der Waals surface area contributed by atoms with Crippen LogP contribution in [-0.4, -0.2) is 11.8 Å². The number of pyridine rings is 1. The van der Waals surface area contributed by atoms with Crippen LogP contribution in [0.25, 0.3) is 21.7 Å². The molecule has 0 aliphatic heterocycles. The first-order valence-electron chi connectivity index (χ1n) is 5.50. The topological polar surface area (TPSA) is 31.2 Å². The smallest absolute Gasteiger partial charge is 0.291 e. The molecule has 0 aliphatic carbocycles. The zero-order valence-electron chi connectivity index (χ0n) is 9.68. The summed E-state index contributed by atoms with van der Waals surface area (Å²) in [4.78, 5) is 17.3. The molecule has 3 rings (SSSR count). The van der Waals surface area contributed by atoms with Crippen molar-refractivity contribution in [1.82, 2.24) is 4.73 Å². The molecule has 0 N–H and O–H groups in total. The first kappa shape index (κ1) is 10.8. The van der Waals surface area contributed by atoms with Crippen LogP contribution in [-0.2, 0) is 0 Å². The van der Waals surface area contributed by atoms with Gasteiger partial charge in [0.25, 0.3) is 5.56 Å². The quantitative estimate of drug-likeness (QED) is 0.614. The summed E-state index contributed by atoms with van der Waals surface area (Å²) in [6.07, 6.45) is 0. The third kappa shape index (κ3) is 1.39. The zero-order valence-corrected chi connectivity index (χ0v) is 9.68. The van der Waals surface area contributed by atoms with E-state index in [9.17, 15) is 9.18 Å². The fraction of sp³-hybridized carbons (Fsp3) is 0.0714. The standard InChI is InChI=1S/C14H10FNO2/c1-18-16-13-5-3-2-4-10(13)12-8-9(15)6-7-11(12)14(16)17/h2-8H,1H3. The Morgan fingerprint density at radius 2 is 1.83 bits per heavy atom. The predicted molar refractivity (Wildman–Crippen MR) is 68.2 cm³/mol. The summed E-state index contributed by atoms with van der Waals surface area (Å²) in [5.74, 6) is -0.359. The first-order chi connectivity index (χ1) is 8.72. The highest BCUT2D eigenvalue weighted by atomic mass is 19.1. The van der Waals surface area contributed by atoms with Crippen molar-refractivity contribution in [3.8, 4) is 0 Å². The van der Waals surface area contributed by atoms with E-state index in [-0.39, 0.29) is 11.4 Å². The minimum atomic E-state index is -0.359. The van der Waals surface area contributed by atoms with Crippen LogP contribution in [0.1, 0.15) is 0 Å². The summed E-state index contributed by atoms with van der Waals surface area (Å²) in [7, 11) is 1.43. The summed E-state index contributed by atoms with van der Waals surface area (Å²) < 4.78 is 14.6. The van der Waals surface area contributed by atoms with Crippen LogP contribution < -0.4 is 10.4 Å². The molecule has 0 bridgehead atoms. The van der Waals surface area contributed by atoms with Crippen LogP contribution in [0.15, 0.2) is 47.3 Å². The molecule has 1 aromatic heterocycles. The third-order valence-electron chi connectivity index (χ3n) is 2.99. The van der Waals surface area contributed by atoms with Gasteiger partial charge in [-0.2, -0.15) is 0 Å². The number of hydrogen-bond donors (Lipinski definition) is 0. The van der Waals surface area contributed by atoms with E-state index in [2.05, 4.69) is 0 Å². The highest BCUT2D eigenvalue weighted by molar-refractivity contribution is 6.05. The molecule has 3 aromatic rings. The van der Waals surface area contributed by atoms with E-state index in [1.165, 1.54) is 30.0 Å². The molecular formula is C14H10FNO2. The van der Waals surface area contributed by atoms with Gasteiger partial charge in [-0.25, -0.2) is 4.39 Å². The third-order valence-corrected chi connectivity index (χ3v) is 2.99. The average Bonchev–Trinajstić information content (AvgIpc) is 2.39. The van der Waals surface area contributed by atoms with Gasteiger partial charge >= 0.3 is 0 Å². The molecule has 18 heavy (non-hydrogen) atoms. The second-order valence-corrected chi connectivity index (χ2v) is 3.99. The number of hydrogen-bond acceptors (Lipinski definition) is 2. The van der Waals surface area contributed by atoms with Gasteiger partial charge in [0.2, 0.25) is 0 Å². The van der Waals surface area contributed by atoms with Crippen molar-refractivity contribution in [2.24, 2.45) is 0 Å². The normalized spacial score (nSPS) is 11.0. The molecule has 3 nitrogen and oxygen atoms in total. The fourth-order valence-corrected chi connectivity index (χ4v) is 2.20. The van der Waals surface area contributed by atoms with E-state index in [1.54, 1.807) is 6.07 Å². The van der Waals surface area contributed by atoms with Crippen LogP contribution in [0.2, 0.25) is 0 Å². The number of para-hydroxylation sites is 1. The van der Waals surface area contributed by atoms with Crippen molar-refractivity contribution < 1.29 is 9.23 Å². The second-order valence-electron chi connectivity index (χ2n) is 3.99. The van der Waals surface area contributed by atoms with Crippen LogP contribution in [0.3, 0.4) is 0 Å². The molecule has 0 aliphatic rings. The maximum absolute atomic E-state index is 13.3. The van der Waals surface area contributed by atoms with Gasteiger partial charge in [0, 0.05) is 5.39 Å². The summed E-state index contributed by atoms with van der Waals surface area (Å²) in [5, 5.41) is 1.83. The van der Waals surface area contributed by atoms with Gasteiger partial charge in [0.1, 0.15) is 12.9 Å². The Hall–Kier alpha value is -2.36. The van der Waals surface area contributed by atoms with Gasteiger partial charge in [-0.05, 0) is 29.7 Å². The summed E-state index contributed by atoms with van der Waals surface area (Å²) in [6, 6.07) is 11.4. The minimum absolute atomic E-state index is 0.286. The molecule has 4 heteroatoms. The largest absolute Gasteiger partial charge is 0.413 e. The second kappa shape index (κ2) is 3.84. The molecule has 0 amide bonds. The number of halogens is 1. The van der Waals surface area contributed by atoms with Crippen molar-refractivity contribution in [1.29, 1.82) is 0 Å². The van der Waals surface area contributed by atoms with E-state index in [4.69, 9.17) is 4.84 Å². The molecule has 2 aromatic carbocycles. The van der Waals surface area contributed by atoms with E-state index in [0.717, 1.165) is 5.39 Å². The van der Waals surface area contributed by atoms with Gasteiger partial charge in [0.05, 0.1) is 10.9 Å². The van der Waals surface area contributed by atoms with Crippen LogP contribution in [0.4, 0.5) is 4.39 Å². The molecule has 1 heterocycles. The Kier molecular flexibility index (Phi) is 2.30. The summed E-state index contributed by atoms with van der Waals surface area (Å²) in [5.41, 5.74) is 0.342. The number of aromatic nitrogens is 1. The highest BCUT2D eigenvalue weighted by Gasteiger charge is 2.10. The van der Waals surface area contributed by atoms with Crippen molar-refractivity contribution in [3.05, 3.63) is 58.6 Å². The summed E-state index contributed by atoms with van der Waals surface area (Å²) in [6.45, 7) is 0. The molecule has 0 unspecified atom stereocenters. The van der Waals surface area contributed by atoms with Gasteiger partial charge in [-0.15, -0.1) is 4.73 Å². The lowest BCUT2D eigenvalue weighted by atomic mass is 10.1. The van der Waals surface area contributed by atoms with E-state index in [0.29, 0.717) is 16.3 Å². The molecule has 0 radical (unpaired) electrons. The first-order valence-corrected chi connectivity index (χ1v) is 5.50. The van der Waals surface area contributed by atoms with Crippen molar-refractivity contribution in [3.63, 3.8) is 0 Å². The molecule has 0 saturated carbocycles. The van der Waals surface area contributed by atoms with E-state index in [1.807, 2.05) is 18.2 Å². The SMILES string of the molecule is COn1c(=O)c2ccc(F)cc2c2ccccc21. The number of nitrogens with zero attached hydrogens (tertiary/aromatic N) is 1. The number of fused-ring (bicyclic) bond motifs is 3. The van der Waals surface area contributed by atoms with E-state index < -0.39 is 0 Å².